The standard InChI is InChI=1S/C24H17Cl6N3O2/c1-33(14-5-3-2-4-6-14)32-22(34)15-11-13(7-8-16(15)25)31-23(35)20-19(24(20,29)30)12-9-17(26)21(28)18(27)10-12/h2-11,19-20H,1H3,(H,31,35)(H,32,34)/t19-,20?/m0/s1. The number of halogens is 6. The Labute approximate surface area is 232 Å². The normalized spacial score (nSPS) is 18.0. The topological polar surface area (TPSA) is 61.4 Å². The Balaban J connectivity index is 1.49. The molecule has 2 N–H and O–H groups in total. The first kappa shape index (κ1) is 26.2. The van der Waals surface area contributed by atoms with Crippen molar-refractivity contribution in [1.29, 1.82) is 0 Å². The Morgan fingerprint density at radius 2 is 1.51 bits per heavy atom. The number of nitrogens with zero attached hydrogens (tertiary/aromatic N) is 1. The van der Waals surface area contributed by atoms with Crippen molar-refractivity contribution >= 4 is 92.8 Å². The van der Waals surface area contributed by atoms with E-state index in [-0.39, 0.29) is 25.7 Å². The summed E-state index contributed by atoms with van der Waals surface area (Å²) >= 11 is 37.4. The highest BCUT2D eigenvalue weighted by Crippen LogP contribution is 2.65. The predicted molar refractivity (Wildman–Crippen MR) is 145 cm³/mol. The molecule has 11 heteroatoms. The zero-order chi connectivity index (χ0) is 25.5. The second-order valence-electron chi connectivity index (χ2n) is 7.95. The Bertz CT molecular complexity index is 1280. The first-order chi connectivity index (χ1) is 16.5. The van der Waals surface area contributed by atoms with Gasteiger partial charge in [-0.2, -0.15) is 0 Å². The molecule has 1 aliphatic carbocycles. The van der Waals surface area contributed by atoms with Gasteiger partial charge in [-0.1, -0.05) is 64.6 Å². The highest BCUT2D eigenvalue weighted by Gasteiger charge is 2.67. The van der Waals surface area contributed by atoms with Crippen LogP contribution in [0.1, 0.15) is 21.8 Å². The molecule has 1 aliphatic rings. The lowest BCUT2D eigenvalue weighted by atomic mass is 10.1. The smallest absolute Gasteiger partial charge is 0.271 e. The minimum atomic E-state index is -1.37. The number of alkyl halides is 2. The zero-order valence-corrected chi connectivity index (χ0v) is 22.5. The molecule has 1 fully saturated rings. The van der Waals surface area contributed by atoms with Crippen LogP contribution in [0.4, 0.5) is 11.4 Å². The summed E-state index contributed by atoms with van der Waals surface area (Å²) in [7, 11) is 1.70. The van der Waals surface area contributed by atoms with Crippen LogP contribution in [0, 0.1) is 5.92 Å². The van der Waals surface area contributed by atoms with Crippen LogP contribution in [-0.2, 0) is 4.79 Å². The van der Waals surface area contributed by atoms with Crippen molar-refractivity contribution in [1.82, 2.24) is 5.43 Å². The minimum Gasteiger partial charge on any atom is -0.326 e. The van der Waals surface area contributed by atoms with Crippen molar-refractivity contribution in [2.24, 2.45) is 5.92 Å². The molecule has 0 bridgehead atoms. The average molecular weight is 592 g/mol. The lowest BCUT2D eigenvalue weighted by Crippen LogP contribution is -2.39. The van der Waals surface area contributed by atoms with E-state index >= 15 is 0 Å². The molecule has 3 aromatic rings. The molecule has 4 rings (SSSR count). The van der Waals surface area contributed by atoms with E-state index in [4.69, 9.17) is 69.6 Å². The molecule has 0 heterocycles. The number of carbonyl (C=O) groups is 2. The van der Waals surface area contributed by atoms with Crippen molar-refractivity contribution in [3.8, 4) is 0 Å². The molecule has 182 valence electrons. The fraction of sp³-hybridized carbons (Fsp3) is 0.167. The summed E-state index contributed by atoms with van der Waals surface area (Å²) in [6.07, 6.45) is 0. The largest absolute Gasteiger partial charge is 0.326 e. The van der Waals surface area contributed by atoms with Gasteiger partial charge in [-0.3, -0.25) is 20.0 Å². The van der Waals surface area contributed by atoms with Gasteiger partial charge in [0, 0.05) is 18.7 Å². The van der Waals surface area contributed by atoms with Gasteiger partial charge in [0.2, 0.25) is 5.91 Å². The monoisotopic (exact) mass is 589 g/mol. The number of rotatable bonds is 6. The molecular formula is C24H17Cl6N3O2. The van der Waals surface area contributed by atoms with Crippen LogP contribution in [0.3, 0.4) is 0 Å². The van der Waals surface area contributed by atoms with Crippen molar-refractivity contribution < 1.29 is 9.59 Å². The van der Waals surface area contributed by atoms with Gasteiger partial charge in [0.05, 0.1) is 37.3 Å². The van der Waals surface area contributed by atoms with Crippen LogP contribution in [0.2, 0.25) is 20.1 Å². The number of hydrogen-bond donors (Lipinski definition) is 2. The van der Waals surface area contributed by atoms with Crippen LogP contribution >= 0.6 is 69.6 Å². The molecule has 0 saturated heterocycles. The van der Waals surface area contributed by atoms with Gasteiger partial charge in [0.1, 0.15) is 4.33 Å². The van der Waals surface area contributed by atoms with Crippen molar-refractivity contribution in [2.75, 3.05) is 17.4 Å². The van der Waals surface area contributed by atoms with E-state index in [2.05, 4.69) is 10.7 Å². The van der Waals surface area contributed by atoms with Crippen LogP contribution < -0.4 is 15.8 Å². The number of hydrazine groups is 1. The summed E-state index contributed by atoms with van der Waals surface area (Å²) in [4.78, 5) is 25.9. The lowest BCUT2D eigenvalue weighted by Gasteiger charge is -2.20. The van der Waals surface area contributed by atoms with E-state index in [1.165, 1.54) is 12.1 Å². The maximum atomic E-state index is 13.0. The van der Waals surface area contributed by atoms with Gasteiger partial charge in [-0.25, -0.2) is 0 Å². The molecule has 0 aliphatic heterocycles. The minimum absolute atomic E-state index is 0.180. The van der Waals surface area contributed by atoms with Gasteiger partial charge in [-0.05, 0) is 48.0 Å². The maximum absolute atomic E-state index is 13.0. The zero-order valence-electron chi connectivity index (χ0n) is 18.0. The van der Waals surface area contributed by atoms with Crippen LogP contribution in [0.25, 0.3) is 0 Å². The summed E-state index contributed by atoms with van der Waals surface area (Å²) in [6, 6.07) is 17.0. The molecule has 2 atom stereocenters. The average Bonchev–Trinajstić information content (AvgIpc) is 3.40. The highest BCUT2D eigenvalue weighted by atomic mass is 35.5. The van der Waals surface area contributed by atoms with Crippen molar-refractivity contribution in [3.05, 3.63) is 91.9 Å². The number of amides is 2. The molecule has 0 aromatic heterocycles. The van der Waals surface area contributed by atoms with Gasteiger partial charge in [-0.15, -0.1) is 23.2 Å². The SMILES string of the molecule is CN(NC(=O)c1cc(NC(=O)C2[C@H](c3cc(Cl)c(Cl)c(Cl)c3)C2(Cl)Cl)ccc1Cl)c1ccccc1. The number of para-hydroxylation sites is 1. The summed E-state index contributed by atoms with van der Waals surface area (Å²) < 4.78 is -1.37. The van der Waals surface area contributed by atoms with Crippen molar-refractivity contribution in [2.45, 2.75) is 10.3 Å². The molecule has 2 amide bonds. The molecule has 0 radical (unpaired) electrons. The molecule has 5 nitrogen and oxygen atoms in total. The van der Waals surface area contributed by atoms with Gasteiger partial charge < -0.3 is 5.32 Å². The second kappa shape index (κ2) is 10.3. The number of hydrogen-bond acceptors (Lipinski definition) is 3. The lowest BCUT2D eigenvalue weighted by molar-refractivity contribution is -0.117. The molecule has 0 spiro atoms. The van der Waals surface area contributed by atoms with E-state index in [0.29, 0.717) is 11.3 Å². The van der Waals surface area contributed by atoms with Gasteiger partial charge in [0.15, 0.2) is 0 Å². The third-order valence-electron chi connectivity index (χ3n) is 5.59. The predicted octanol–water partition coefficient (Wildman–Crippen LogP) is 7.61. The Kier molecular flexibility index (Phi) is 7.68. The number of nitrogens with one attached hydrogen (secondary N) is 2. The molecule has 35 heavy (non-hydrogen) atoms. The quantitative estimate of drug-likeness (QED) is 0.176. The Morgan fingerprint density at radius 3 is 2.14 bits per heavy atom. The van der Waals surface area contributed by atoms with Gasteiger partial charge >= 0.3 is 0 Å². The third-order valence-corrected chi connectivity index (χ3v) is 8.06. The summed E-state index contributed by atoms with van der Waals surface area (Å²) in [5.74, 6) is -2.21. The number of carbonyl (C=O) groups excluding carboxylic acids is 2. The molecule has 3 aromatic carbocycles. The Hall–Kier alpha value is -1.86. The number of anilines is 2. The van der Waals surface area contributed by atoms with Crippen LogP contribution in [0.15, 0.2) is 60.7 Å². The first-order valence-electron chi connectivity index (χ1n) is 10.2. The van der Waals surface area contributed by atoms with Crippen LogP contribution in [-0.4, -0.2) is 23.2 Å². The summed E-state index contributed by atoms with van der Waals surface area (Å²) in [5, 5.41) is 5.22. The highest BCUT2D eigenvalue weighted by molar-refractivity contribution is 6.54. The Morgan fingerprint density at radius 1 is 0.886 bits per heavy atom. The summed E-state index contributed by atoms with van der Waals surface area (Å²) in [5.41, 5.74) is 4.65. The van der Waals surface area contributed by atoms with E-state index in [1.807, 2.05) is 30.3 Å². The fourth-order valence-corrected chi connectivity index (χ4v) is 5.39. The third kappa shape index (κ3) is 5.46. The second-order valence-corrected chi connectivity index (χ2v) is 11.0. The van der Waals surface area contributed by atoms with Crippen molar-refractivity contribution in [3.63, 3.8) is 0 Å². The summed E-state index contributed by atoms with van der Waals surface area (Å²) in [6.45, 7) is 0. The molecular weight excluding hydrogens is 575 g/mol. The van der Waals surface area contributed by atoms with E-state index < -0.39 is 28.0 Å². The number of benzene rings is 3. The van der Waals surface area contributed by atoms with E-state index in [1.54, 1.807) is 30.3 Å². The van der Waals surface area contributed by atoms with E-state index in [9.17, 15) is 9.59 Å². The maximum Gasteiger partial charge on any atom is 0.271 e. The van der Waals surface area contributed by atoms with E-state index in [0.717, 1.165) is 5.69 Å². The fourth-order valence-electron chi connectivity index (χ4n) is 3.75. The first-order valence-corrected chi connectivity index (χ1v) is 12.5. The van der Waals surface area contributed by atoms with Crippen LogP contribution in [0.5, 0.6) is 0 Å². The molecule has 1 saturated carbocycles. The molecule has 1 unspecified atom stereocenters. The van der Waals surface area contributed by atoms with Gasteiger partial charge in [0.25, 0.3) is 5.91 Å².